The summed E-state index contributed by atoms with van der Waals surface area (Å²) in [6.45, 7) is 1.61. The highest BCUT2D eigenvalue weighted by atomic mass is 19.4. The van der Waals surface area contributed by atoms with E-state index >= 15 is 0 Å². The molecule has 28 heavy (non-hydrogen) atoms. The molecule has 2 aliphatic heterocycles. The second-order valence-electron chi connectivity index (χ2n) is 7.71. The molecule has 1 saturated heterocycles. The van der Waals surface area contributed by atoms with Crippen LogP contribution in [0.1, 0.15) is 50.5 Å². The fourth-order valence-corrected chi connectivity index (χ4v) is 4.57. The Labute approximate surface area is 162 Å². The minimum Gasteiger partial charge on any atom is -0.370 e. The van der Waals surface area contributed by atoms with Crippen LogP contribution in [-0.2, 0) is 6.18 Å². The van der Waals surface area contributed by atoms with E-state index in [2.05, 4.69) is 14.9 Å². The molecule has 4 rings (SSSR count). The first-order valence-electron chi connectivity index (χ1n) is 9.76. The number of rotatable bonds is 2. The van der Waals surface area contributed by atoms with E-state index in [1.807, 2.05) is 0 Å². The maximum Gasteiger partial charge on any atom is 0.416 e. The maximum atomic E-state index is 13.5. The van der Waals surface area contributed by atoms with Gasteiger partial charge in [0, 0.05) is 13.1 Å². The fraction of sp³-hybridized carbons (Fsp3) is 0.579. The highest BCUT2D eigenvalue weighted by molar-refractivity contribution is 6.07. The Kier molecular flexibility index (Phi) is 4.63. The summed E-state index contributed by atoms with van der Waals surface area (Å²) in [5, 5.41) is 0. The minimum atomic E-state index is -4.44. The lowest BCUT2D eigenvalue weighted by Crippen LogP contribution is -2.58. The van der Waals surface area contributed by atoms with Crippen LogP contribution in [0.2, 0.25) is 0 Å². The SMILES string of the molecule is NC1=NC2(CCCCC2)N(c2cc(C(F)(F)F)ccc2N2CCCC2)C(N)=N1. The summed E-state index contributed by atoms with van der Waals surface area (Å²) < 4.78 is 40.5. The van der Waals surface area contributed by atoms with Gasteiger partial charge in [0.1, 0.15) is 5.66 Å². The number of hydrogen-bond donors (Lipinski definition) is 2. The zero-order chi connectivity index (χ0) is 19.9. The normalized spacial score (nSPS) is 22.4. The van der Waals surface area contributed by atoms with Gasteiger partial charge in [-0.05, 0) is 56.7 Å². The van der Waals surface area contributed by atoms with Gasteiger partial charge in [0.05, 0.1) is 16.9 Å². The molecule has 1 aromatic carbocycles. The Hall–Kier alpha value is -2.45. The number of anilines is 2. The lowest BCUT2D eigenvalue weighted by atomic mass is 9.87. The lowest BCUT2D eigenvalue weighted by molar-refractivity contribution is -0.137. The summed E-state index contributed by atoms with van der Waals surface area (Å²) in [5.74, 6) is 0.194. The van der Waals surface area contributed by atoms with Gasteiger partial charge < -0.3 is 16.4 Å². The molecule has 1 aromatic rings. The predicted octanol–water partition coefficient (Wildman–Crippen LogP) is 3.42. The molecule has 0 amide bonds. The van der Waals surface area contributed by atoms with Crippen LogP contribution in [0.25, 0.3) is 0 Å². The molecule has 1 spiro atoms. The number of alkyl halides is 3. The zero-order valence-electron chi connectivity index (χ0n) is 15.7. The highest BCUT2D eigenvalue weighted by Gasteiger charge is 2.44. The molecule has 0 bridgehead atoms. The molecule has 6 nitrogen and oxygen atoms in total. The van der Waals surface area contributed by atoms with Gasteiger partial charge in [-0.3, -0.25) is 4.90 Å². The van der Waals surface area contributed by atoms with Crippen LogP contribution < -0.4 is 21.3 Å². The number of nitrogens with two attached hydrogens (primary N) is 2. The topological polar surface area (TPSA) is 83.2 Å². The number of hydrogen-bond acceptors (Lipinski definition) is 6. The predicted molar refractivity (Wildman–Crippen MR) is 104 cm³/mol. The number of halogens is 3. The maximum absolute atomic E-state index is 13.5. The van der Waals surface area contributed by atoms with Crippen LogP contribution in [0.5, 0.6) is 0 Å². The Bertz CT molecular complexity index is 804. The van der Waals surface area contributed by atoms with Crippen molar-refractivity contribution in [3.8, 4) is 0 Å². The third-order valence-corrected chi connectivity index (χ3v) is 5.84. The molecule has 4 N–H and O–H groups in total. The molecular formula is C19H25F3N6. The van der Waals surface area contributed by atoms with Gasteiger partial charge in [0.25, 0.3) is 0 Å². The summed E-state index contributed by atoms with van der Waals surface area (Å²) in [4.78, 5) is 12.5. The van der Waals surface area contributed by atoms with Crippen molar-refractivity contribution >= 4 is 23.3 Å². The Balaban J connectivity index is 1.88. The van der Waals surface area contributed by atoms with E-state index in [9.17, 15) is 13.2 Å². The Morgan fingerprint density at radius 1 is 0.929 bits per heavy atom. The van der Waals surface area contributed by atoms with Crippen LogP contribution in [0.4, 0.5) is 24.5 Å². The average molecular weight is 394 g/mol. The van der Waals surface area contributed by atoms with Gasteiger partial charge in [-0.15, -0.1) is 0 Å². The van der Waals surface area contributed by atoms with E-state index in [-0.39, 0.29) is 11.9 Å². The van der Waals surface area contributed by atoms with Gasteiger partial charge in [0.15, 0.2) is 0 Å². The Morgan fingerprint density at radius 3 is 2.25 bits per heavy atom. The second kappa shape index (κ2) is 6.86. The molecule has 1 saturated carbocycles. The summed E-state index contributed by atoms with van der Waals surface area (Å²) in [5.41, 5.74) is 11.8. The van der Waals surface area contributed by atoms with Crippen molar-refractivity contribution in [3.05, 3.63) is 23.8 Å². The quantitative estimate of drug-likeness (QED) is 0.805. The van der Waals surface area contributed by atoms with Crippen molar-refractivity contribution in [2.45, 2.75) is 56.8 Å². The smallest absolute Gasteiger partial charge is 0.370 e. The van der Waals surface area contributed by atoms with E-state index in [4.69, 9.17) is 11.5 Å². The van der Waals surface area contributed by atoms with Gasteiger partial charge in [0.2, 0.25) is 11.9 Å². The summed E-state index contributed by atoms with van der Waals surface area (Å²) in [6.07, 6.45) is 1.84. The number of benzene rings is 1. The summed E-state index contributed by atoms with van der Waals surface area (Å²) >= 11 is 0. The third-order valence-electron chi connectivity index (χ3n) is 5.84. The van der Waals surface area contributed by atoms with E-state index in [1.54, 1.807) is 11.0 Å². The molecule has 0 aromatic heterocycles. The van der Waals surface area contributed by atoms with Gasteiger partial charge in [-0.1, -0.05) is 6.42 Å². The van der Waals surface area contributed by atoms with E-state index < -0.39 is 17.4 Å². The monoisotopic (exact) mass is 394 g/mol. The minimum absolute atomic E-state index is 0.0883. The van der Waals surface area contributed by atoms with Gasteiger partial charge >= 0.3 is 6.18 Å². The van der Waals surface area contributed by atoms with Gasteiger partial charge in [-0.2, -0.15) is 18.2 Å². The third kappa shape index (κ3) is 3.27. The molecule has 9 heteroatoms. The zero-order valence-corrected chi connectivity index (χ0v) is 15.7. The molecule has 2 heterocycles. The van der Waals surface area contributed by atoms with Crippen LogP contribution in [0, 0.1) is 0 Å². The van der Waals surface area contributed by atoms with Crippen molar-refractivity contribution in [3.63, 3.8) is 0 Å². The second-order valence-corrected chi connectivity index (χ2v) is 7.71. The first-order valence-corrected chi connectivity index (χ1v) is 9.76. The fourth-order valence-electron chi connectivity index (χ4n) is 4.57. The number of aliphatic imine (C=N–C) groups is 2. The largest absolute Gasteiger partial charge is 0.416 e. The van der Waals surface area contributed by atoms with Crippen LogP contribution in [-0.4, -0.2) is 30.7 Å². The molecule has 0 unspecified atom stereocenters. The lowest BCUT2D eigenvalue weighted by Gasteiger charge is -2.46. The molecular weight excluding hydrogens is 369 g/mol. The molecule has 1 aliphatic carbocycles. The highest BCUT2D eigenvalue weighted by Crippen LogP contribution is 2.45. The van der Waals surface area contributed by atoms with Crippen molar-refractivity contribution in [1.29, 1.82) is 0 Å². The van der Waals surface area contributed by atoms with Crippen molar-refractivity contribution < 1.29 is 13.2 Å². The first-order chi connectivity index (χ1) is 13.3. The first kappa shape index (κ1) is 18.9. The average Bonchev–Trinajstić information content (AvgIpc) is 3.15. The van der Waals surface area contributed by atoms with Crippen LogP contribution >= 0.6 is 0 Å². The molecule has 152 valence electrons. The van der Waals surface area contributed by atoms with Crippen molar-refractivity contribution in [2.75, 3.05) is 22.9 Å². The van der Waals surface area contributed by atoms with E-state index in [0.29, 0.717) is 18.5 Å². The van der Waals surface area contributed by atoms with E-state index in [1.165, 1.54) is 6.07 Å². The molecule has 3 aliphatic rings. The molecule has 0 atom stereocenters. The molecule has 2 fully saturated rings. The van der Waals surface area contributed by atoms with Crippen LogP contribution in [0.3, 0.4) is 0 Å². The van der Waals surface area contributed by atoms with Crippen molar-refractivity contribution in [2.24, 2.45) is 21.5 Å². The number of guanidine groups is 2. The van der Waals surface area contributed by atoms with Crippen LogP contribution in [0.15, 0.2) is 28.2 Å². The standard InChI is InChI=1S/C19H25F3N6/c20-19(21,22)13-6-7-14(27-10-4-5-11-27)15(12-13)28-17(24)25-16(23)26-18(28)8-2-1-3-9-18/h6-7,12H,1-5,8-11H2,(H4,23,24,25,26). The summed E-state index contributed by atoms with van der Waals surface area (Å²) in [7, 11) is 0. The summed E-state index contributed by atoms with van der Waals surface area (Å²) in [6, 6.07) is 3.87. The number of nitrogens with zero attached hydrogens (tertiary/aromatic N) is 4. The van der Waals surface area contributed by atoms with Gasteiger partial charge in [-0.25, -0.2) is 4.99 Å². The van der Waals surface area contributed by atoms with E-state index in [0.717, 1.165) is 56.9 Å². The molecule has 0 radical (unpaired) electrons. The Morgan fingerprint density at radius 2 is 1.61 bits per heavy atom. The van der Waals surface area contributed by atoms with Crippen molar-refractivity contribution in [1.82, 2.24) is 0 Å².